The third kappa shape index (κ3) is 3.67. The molecule has 0 bridgehead atoms. The predicted octanol–water partition coefficient (Wildman–Crippen LogP) is 1.74. The molecule has 1 aromatic carbocycles. The SMILES string of the molecule is COCCCOC(=O)c1cc(F)c(N)cc1F. The zero-order chi connectivity index (χ0) is 12.8. The molecule has 1 rings (SSSR count). The number of hydrogen-bond acceptors (Lipinski definition) is 4. The van der Waals surface area contributed by atoms with E-state index in [1.165, 1.54) is 7.11 Å². The smallest absolute Gasteiger partial charge is 0.341 e. The van der Waals surface area contributed by atoms with Crippen molar-refractivity contribution < 1.29 is 23.0 Å². The molecule has 0 atom stereocenters. The van der Waals surface area contributed by atoms with E-state index in [1.54, 1.807) is 0 Å². The lowest BCUT2D eigenvalue weighted by Crippen LogP contribution is -2.11. The molecule has 17 heavy (non-hydrogen) atoms. The van der Waals surface area contributed by atoms with E-state index >= 15 is 0 Å². The van der Waals surface area contributed by atoms with Crippen LogP contribution in [0.1, 0.15) is 16.8 Å². The molecule has 0 aromatic heterocycles. The zero-order valence-corrected chi connectivity index (χ0v) is 9.33. The summed E-state index contributed by atoms with van der Waals surface area (Å²) in [6.45, 7) is 0.504. The molecule has 0 amide bonds. The number of ether oxygens (including phenoxy) is 2. The fraction of sp³-hybridized carbons (Fsp3) is 0.364. The number of anilines is 1. The van der Waals surface area contributed by atoms with Gasteiger partial charge >= 0.3 is 5.97 Å². The van der Waals surface area contributed by atoms with E-state index in [9.17, 15) is 13.6 Å². The Hall–Kier alpha value is -1.69. The van der Waals surface area contributed by atoms with Gasteiger partial charge in [0, 0.05) is 26.2 Å². The van der Waals surface area contributed by atoms with Gasteiger partial charge in [0.25, 0.3) is 0 Å². The summed E-state index contributed by atoms with van der Waals surface area (Å²) in [5.74, 6) is -2.67. The molecule has 2 N–H and O–H groups in total. The normalized spacial score (nSPS) is 10.3. The van der Waals surface area contributed by atoms with E-state index in [0.717, 1.165) is 12.1 Å². The van der Waals surface area contributed by atoms with Gasteiger partial charge in [-0.3, -0.25) is 0 Å². The molecule has 0 heterocycles. The number of hydrogen-bond donors (Lipinski definition) is 1. The Balaban J connectivity index is 2.66. The molecular weight excluding hydrogens is 232 g/mol. The van der Waals surface area contributed by atoms with Gasteiger partial charge in [0.15, 0.2) is 0 Å². The highest BCUT2D eigenvalue weighted by atomic mass is 19.1. The van der Waals surface area contributed by atoms with Crippen LogP contribution < -0.4 is 5.73 Å². The molecule has 0 aliphatic heterocycles. The number of halogens is 2. The van der Waals surface area contributed by atoms with E-state index in [0.29, 0.717) is 13.0 Å². The largest absolute Gasteiger partial charge is 0.462 e. The Labute approximate surface area is 97.3 Å². The molecule has 0 saturated carbocycles. The van der Waals surface area contributed by atoms with Crippen LogP contribution in [-0.4, -0.2) is 26.3 Å². The van der Waals surface area contributed by atoms with Gasteiger partial charge in [0.2, 0.25) is 0 Å². The van der Waals surface area contributed by atoms with Gasteiger partial charge in [-0.05, 0) is 6.07 Å². The third-order valence-corrected chi connectivity index (χ3v) is 2.03. The van der Waals surface area contributed by atoms with Crippen LogP contribution >= 0.6 is 0 Å². The summed E-state index contributed by atoms with van der Waals surface area (Å²) in [6, 6.07) is 1.48. The average Bonchev–Trinajstić information content (AvgIpc) is 2.29. The first kappa shape index (κ1) is 13.4. The number of esters is 1. The molecule has 94 valence electrons. The number of carbonyl (C=O) groups excluding carboxylic acids is 1. The second-order valence-electron chi connectivity index (χ2n) is 3.34. The monoisotopic (exact) mass is 245 g/mol. The lowest BCUT2D eigenvalue weighted by atomic mass is 10.2. The Kier molecular flexibility index (Phi) is 4.84. The van der Waals surface area contributed by atoms with Crippen LogP contribution in [0.25, 0.3) is 0 Å². The van der Waals surface area contributed by atoms with Crippen molar-refractivity contribution in [3.63, 3.8) is 0 Å². The highest BCUT2D eigenvalue weighted by Gasteiger charge is 2.16. The van der Waals surface area contributed by atoms with Crippen LogP contribution in [0.2, 0.25) is 0 Å². The predicted molar refractivity (Wildman–Crippen MR) is 57.5 cm³/mol. The second kappa shape index (κ2) is 6.15. The van der Waals surface area contributed by atoms with Crippen LogP contribution in [0.4, 0.5) is 14.5 Å². The number of nitrogens with two attached hydrogens (primary N) is 1. The van der Waals surface area contributed by atoms with E-state index in [2.05, 4.69) is 0 Å². The van der Waals surface area contributed by atoms with Gasteiger partial charge in [-0.2, -0.15) is 0 Å². The molecule has 0 aliphatic carbocycles. The Morgan fingerprint density at radius 3 is 2.65 bits per heavy atom. The Bertz CT molecular complexity index is 410. The maximum atomic E-state index is 13.3. The topological polar surface area (TPSA) is 61.5 Å². The summed E-state index contributed by atoms with van der Waals surface area (Å²) >= 11 is 0. The maximum absolute atomic E-state index is 13.3. The van der Waals surface area contributed by atoms with Crippen molar-refractivity contribution in [2.45, 2.75) is 6.42 Å². The number of carbonyl (C=O) groups is 1. The quantitative estimate of drug-likeness (QED) is 0.487. The fourth-order valence-electron chi connectivity index (χ4n) is 1.16. The number of rotatable bonds is 5. The first-order valence-corrected chi connectivity index (χ1v) is 4.97. The third-order valence-electron chi connectivity index (χ3n) is 2.03. The zero-order valence-electron chi connectivity index (χ0n) is 9.33. The van der Waals surface area contributed by atoms with Gasteiger partial charge in [0.1, 0.15) is 11.6 Å². The first-order valence-electron chi connectivity index (χ1n) is 4.97. The second-order valence-corrected chi connectivity index (χ2v) is 3.34. The minimum Gasteiger partial charge on any atom is -0.462 e. The molecule has 0 saturated heterocycles. The van der Waals surface area contributed by atoms with Crippen molar-refractivity contribution in [1.82, 2.24) is 0 Å². The van der Waals surface area contributed by atoms with Crippen LogP contribution in [0.5, 0.6) is 0 Å². The van der Waals surface area contributed by atoms with Crippen molar-refractivity contribution >= 4 is 11.7 Å². The maximum Gasteiger partial charge on any atom is 0.341 e. The van der Waals surface area contributed by atoms with E-state index < -0.39 is 23.2 Å². The average molecular weight is 245 g/mol. The van der Waals surface area contributed by atoms with Gasteiger partial charge in [0.05, 0.1) is 17.9 Å². The molecule has 0 unspecified atom stereocenters. The standard InChI is InChI=1S/C11H13F2NO3/c1-16-3-2-4-17-11(15)7-5-9(13)10(14)6-8(7)12/h5-6H,2-4,14H2,1H3. The summed E-state index contributed by atoms with van der Waals surface area (Å²) in [6.07, 6.45) is 0.487. The molecule has 0 fully saturated rings. The van der Waals surface area contributed by atoms with Crippen molar-refractivity contribution in [1.29, 1.82) is 0 Å². The van der Waals surface area contributed by atoms with Gasteiger partial charge in [-0.15, -0.1) is 0 Å². The van der Waals surface area contributed by atoms with Crippen LogP contribution in [0.3, 0.4) is 0 Å². The molecule has 0 aliphatic rings. The first-order chi connectivity index (χ1) is 8.06. The molecule has 6 heteroatoms. The van der Waals surface area contributed by atoms with Crippen LogP contribution in [0.15, 0.2) is 12.1 Å². The van der Waals surface area contributed by atoms with Crippen molar-refractivity contribution in [3.8, 4) is 0 Å². The number of benzene rings is 1. The summed E-state index contributed by atoms with van der Waals surface area (Å²) in [4.78, 5) is 11.4. The lowest BCUT2D eigenvalue weighted by Gasteiger charge is -2.06. The highest BCUT2D eigenvalue weighted by Crippen LogP contribution is 2.17. The lowest BCUT2D eigenvalue weighted by molar-refractivity contribution is 0.0462. The van der Waals surface area contributed by atoms with Gasteiger partial charge in [-0.25, -0.2) is 13.6 Å². The van der Waals surface area contributed by atoms with Crippen molar-refractivity contribution in [3.05, 3.63) is 29.3 Å². The summed E-state index contributed by atoms with van der Waals surface area (Å²) in [5.41, 5.74) is 4.33. The molecule has 4 nitrogen and oxygen atoms in total. The van der Waals surface area contributed by atoms with Crippen molar-refractivity contribution in [2.24, 2.45) is 0 Å². The molecule has 0 radical (unpaired) electrons. The summed E-state index contributed by atoms with van der Waals surface area (Å²) in [5, 5.41) is 0. The van der Waals surface area contributed by atoms with Gasteiger partial charge < -0.3 is 15.2 Å². The minimum absolute atomic E-state index is 0.0815. The fourth-order valence-corrected chi connectivity index (χ4v) is 1.16. The summed E-state index contributed by atoms with van der Waals surface area (Å²) in [7, 11) is 1.51. The number of methoxy groups -OCH3 is 1. The highest BCUT2D eigenvalue weighted by molar-refractivity contribution is 5.90. The van der Waals surface area contributed by atoms with E-state index in [1.807, 2.05) is 0 Å². The summed E-state index contributed by atoms with van der Waals surface area (Å²) < 4.78 is 35.8. The van der Waals surface area contributed by atoms with Crippen LogP contribution in [0, 0.1) is 11.6 Å². The van der Waals surface area contributed by atoms with Gasteiger partial charge in [-0.1, -0.05) is 0 Å². The number of nitrogen functional groups attached to an aromatic ring is 1. The van der Waals surface area contributed by atoms with Crippen molar-refractivity contribution in [2.75, 3.05) is 26.1 Å². The molecular formula is C11H13F2NO3. The Morgan fingerprint density at radius 1 is 1.29 bits per heavy atom. The molecule has 0 spiro atoms. The minimum atomic E-state index is -0.919. The Morgan fingerprint density at radius 2 is 2.00 bits per heavy atom. The molecule has 1 aromatic rings. The van der Waals surface area contributed by atoms with Crippen LogP contribution in [-0.2, 0) is 9.47 Å². The van der Waals surface area contributed by atoms with E-state index in [4.69, 9.17) is 15.2 Å². The van der Waals surface area contributed by atoms with E-state index in [-0.39, 0.29) is 12.3 Å².